The van der Waals surface area contributed by atoms with Gasteiger partial charge in [0.15, 0.2) is 0 Å². The minimum absolute atomic E-state index is 0.202. The highest BCUT2D eigenvalue weighted by molar-refractivity contribution is 5.79. The van der Waals surface area contributed by atoms with Gasteiger partial charge in [-0.1, -0.05) is 20.3 Å². The molecule has 0 aromatic heterocycles. The zero-order valence-corrected chi connectivity index (χ0v) is 10.0. The largest absolute Gasteiger partial charge is 0.468 e. The Balaban J connectivity index is 4.23. The SMILES string of the molecule is CCCC(CC)NC(C)(C)C(=O)OC. The normalized spacial score (nSPS) is 13.8. The first-order chi connectivity index (χ1) is 6.47. The lowest BCUT2D eigenvalue weighted by atomic mass is 10.0. The molecule has 0 aliphatic rings. The van der Waals surface area contributed by atoms with E-state index in [0.29, 0.717) is 6.04 Å². The van der Waals surface area contributed by atoms with Gasteiger partial charge in [-0.3, -0.25) is 10.1 Å². The van der Waals surface area contributed by atoms with E-state index in [-0.39, 0.29) is 5.97 Å². The Labute approximate surface area is 87.2 Å². The van der Waals surface area contributed by atoms with Crippen molar-refractivity contribution in [3.05, 3.63) is 0 Å². The lowest BCUT2D eigenvalue weighted by molar-refractivity contribution is -0.147. The fourth-order valence-electron chi connectivity index (χ4n) is 1.55. The average Bonchev–Trinajstić information content (AvgIpc) is 2.15. The van der Waals surface area contributed by atoms with E-state index in [2.05, 4.69) is 19.2 Å². The molecule has 0 saturated carbocycles. The molecule has 0 aromatic carbocycles. The molecule has 0 saturated heterocycles. The first-order valence-electron chi connectivity index (χ1n) is 5.34. The Bertz CT molecular complexity index is 178. The van der Waals surface area contributed by atoms with Crippen molar-refractivity contribution in [2.75, 3.05) is 7.11 Å². The van der Waals surface area contributed by atoms with E-state index >= 15 is 0 Å². The summed E-state index contributed by atoms with van der Waals surface area (Å²) >= 11 is 0. The number of carbonyl (C=O) groups is 1. The van der Waals surface area contributed by atoms with Gasteiger partial charge in [-0.15, -0.1) is 0 Å². The van der Waals surface area contributed by atoms with E-state index in [1.807, 2.05) is 13.8 Å². The standard InChI is InChI=1S/C11H23NO2/c1-6-8-9(7-2)12-11(3,4)10(13)14-5/h9,12H,6-8H2,1-5H3. The lowest BCUT2D eigenvalue weighted by Gasteiger charge is -2.28. The molecule has 0 radical (unpaired) electrons. The molecule has 1 atom stereocenters. The third-order valence-corrected chi connectivity index (χ3v) is 2.39. The van der Waals surface area contributed by atoms with Crippen LogP contribution in [0.2, 0.25) is 0 Å². The van der Waals surface area contributed by atoms with Gasteiger partial charge in [0.1, 0.15) is 5.54 Å². The monoisotopic (exact) mass is 201 g/mol. The Morgan fingerprint density at radius 3 is 2.36 bits per heavy atom. The van der Waals surface area contributed by atoms with Crippen molar-refractivity contribution in [1.29, 1.82) is 0 Å². The lowest BCUT2D eigenvalue weighted by Crippen LogP contribution is -2.51. The van der Waals surface area contributed by atoms with Crippen molar-refractivity contribution in [3.8, 4) is 0 Å². The number of esters is 1. The summed E-state index contributed by atoms with van der Waals surface area (Å²) < 4.78 is 4.74. The van der Waals surface area contributed by atoms with Crippen LogP contribution in [0, 0.1) is 0 Å². The van der Waals surface area contributed by atoms with E-state index in [1.54, 1.807) is 0 Å². The first-order valence-corrected chi connectivity index (χ1v) is 5.34. The number of nitrogens with one attached hydrogen (secondary N) is 1. The van der Waals surface area contributed by atoms with Gasteiger partial charge in [0.25, 0.3) is 0 Å². The Morgan fingerprint density at radius 2 is 2.00 bits per heavy atom. The van der Waals surface area contributed by atoms with Crippen LogP contribution >= 0.6 is 0 Å². The molecular weight excluding hydrogens is 178 g/mol. The quantitative estimate of drug-likeness (QED) is 0.669. The molecule has 0 bridgehead atoms. The second-order valence-corrected chi connectivity index (χ2v) is 4.15. The van der Waals surface area contributed by atoms with Crippen molar-refractivity contribution in [3.63, 3.8) is 0 Å². The van der Waals surface area contributed by atoms with Crippen LogP contribution in [0.1, 0.15) is 47.0 Å². The van der Waals surface area contributed by atoms with Crippen LogP contribution in [0.5, 0.6) is 0 Å². The summed E-state index contributed by atoms with van der Waals surface area (Å²) in [5.74, 6) is -0.202. The van der Waals surface area contributed by atoms with Crippen molar-refractivity contribution in [1.82, 2.24) is 5.32 Å². The number of rotatable bonds is 6. The predicted octanol–water partition coefficient (Wildman–Crippen LogP) is 2.11. The molecule has 0 heterocycles. The van der Waals surface area contributed by atoms with Crippen LogP contribution in [-0.4, -0.2) is 24.7 Å². The maximum Gasteiger partial charge on any atom is 0.325 e. The number of ether oxygens (including phenoxy) is 1. The maximum atomic E-state index is 11.4. The summed E-state index contributed by atoms with van der Waals surface area (Å²) in [4.78, 5) is 11.4. The first kappa shape index (κ1) is 13.4. The summed E-state index contributed by atoms with van der Waals surface area (Å²) in [5, 5.41) is 3.32. The van der Waals surface area contributed by atoms with Crippen molar-refractivity contribution in [2.24, 2.45) is 0 Å². The molecule has 0 aliphatic heterocycles. The maximum absolute atomic E-state index is 11.4. The molecule has 3 nitrogen and oxygen atoms in total. The van der Waals surface area contributed by atoms with E-state index in [4.69, 9.17) is 4.74 Å². The molecule has 0 aromatic rings. The highest BCUT2D eigenvalue weighted by Crippen LogP contribution is 2.10. The van der Waals surface area contributed by atoms with Gasteiger partial charge in [-0.25, -0.2) is 0 Å². The Kier molecular flexibility index (Phi) is 5.77. The fraction of sp³-hybridized carbons (Fsp3) is 0.909. The summed E-state index contributed by atoms with van der Waals surface area (Å²) in [6.45, 7) is 7.99. The minimum Gasteiger partial charge on any atom is -0.468 e. The van der Waals surface area contributed by atoms with Gasteiger partial charge in [-0.2, -0.15) is 0 Å². The molecule has 1 N–H and O–H groups in total. The van der Waals surface area contributed by atoms with Crippen LogP contribution in [0.25, 0.3) is 0 Å². The van der Waals surface area contributed by atoms with Gasteiger partial charge in [-0.05, 0) is 26.7 Å². The Morgan fingerprint density at radius 1 is 1.43 bits per heavy atom. The van der Waals surface area contributed by atoms with Crippen LogP contribution in [0.15, 0.2) is 0 Å². The molecule has 0 amide bonds. The fourth-order valence-corrected chi connectivity index (χ4v) is 1.55. The van der Waals surface area contributed by atoms with E-state index in [9.17, 15) is 4.79 Å². The molecule has 84 valence electrons. The topological polar surface area (TPSA) is 38.3 Å². The molecule has 0 rings (SSSR count). The van der Waals surface area contributed by atoms with Gasteiger partial charge < -0.3 is 4.74 Å². The molecule has 0 fully saturated rings. The second-order valence-electron chi connectivity index (χ2n) is 4.15. The molecule has 3 heteroatoms. The minimum atomic E-state index is -0.579. The van der Waals surface area contributed by atoms with Crippen LogP contribution in [0.4, 0.5) is 0 Å². The number of hydrogen-bond donors (Lipinski definition) is 1. The third-order valence-electron chi connectivity index (χ3n) is 2.39. The zero-order chi connectivity index (χ0) is 11.2. The van der Waals surface area contributed by atoms with Gasteiger partial charge in [0.2, 0.25) is 0 Å². The van der Waals surface area contributed by atoms with Crippen LogP contribution < -0.4 is 5.32 Å². The van der Waals surface area contributed by atoms with E-state index in [0.717, 1.165) is 19.3 Å². The number of hydrogen-bond acceptors (Lipinski definition) is 3. The Hall–Kier alpha value is -0.570. The highest BCUT2D eigenvalue weighted by atomic mass is 16.5. The molecule has 0 aliphatic carbocycles. The van der Waals surface area contributed by atoms with E-state index in [1.165, 1.54) is 7.11 Å². The van der Waals surface area contributed by atoms with Crippen molar-refractivity contribution >= 4 is 5.97 Å². The van der Waals surface area contributed by atoms with Gasteiger partial charge >= 0.3 is 5.97 Å². The summed E-state index contributed by atoms with van der Waals surface area (Å²) in [6, 6.07) is 0.397. The third kappa shape index (κ3) is 4.09. The smallest absolute Gasteiger partial charge is 0.325 e. The average molecular weight is 201 g/mol. The van der Waals surface area contributed by atoms with Crippen LogP contribution in [-0.2, 0) is 9.53 Å². The summed E-state index contributed by atoms with van der Waals surface area (Å²) in [6.07, 6.45) is 3.26. The number of methoxy groups -OCH3 is 1. The van der Waals surface area contributed by atoms with Crippen LogP contribution in [0.3, 0.4) is 0 Å². The predicted molar refractivity (Wildman–Crippen MR) is 58.2 cm³/mol. The molecular formula is C11H23NO2. The molecule has 0 spiro atoms. The van der Waals surface area contributed by atoms with Crippen molar-refractivity contribution in [2.45, 2.75) is 58.5 Å². The van der Waals surface area contributed by atoms with Crippen molar-refractivity contribution < 1.29 is 9.53 Å². The van der Waals surface area contributed by atoms with Gasteiger partial charge in [0, 0.05) is 6.04 Å². The highest BCUT2D eigenvalue weighted by Gasteiger charge is 2.30. The zero-order valence-electron chi connectivity index (χ0n) is 10.0. The number of carbonyl (C=O) groups excluding carboxylic acids is 1. The summed E-state index contributed by atoms with van der Waals surface area (Å²) in [7, 11) is 1.42. The second kappa shape index (κ2) is 6.02. The van der Waals surface area contributed by atoms with E-state index < -0.39 is 5.54 Å². The van der Waals surface area contributed by atoms with Gasteiger partial charge in [0.05, 0.1) is 7.11 Å². The molecule has 14 heavy (non-hydrogen) atoms. The molecule has 1 unspecified atom stereocenters. The summed E-state index contributed by atoms with van der Waals surface area (Å²) in [5.41, 5.74) is -0.579.